The van der Waals surface area contributed by atoms with Gasteiger partial charge in [-0.2, -0.15) is 0 Å². The Bertz CT molecular complexity index is 130. The maximum absolute atomic E-state index is 4.57. The molecule has 0 aromatic carbocycles. The van der Waals surface area contributed by atoms with Crippen LogP contribution in [-0.4, -0.2) is 37.6 Å². The maximum Gasteiger partial charge on any atom is 0 e. The molecule has 2 aliphatic rings. The predicted octanol–water partition coefficient (Wildman–Crippen LogP) is 2.11. The molecule has 0 aromatic rings. The maximum atomic E-state index is 4.57. The van der Waals surface area contributed by atoms with E-state index in [9.17, 15) is 0 Å². The van der Waals surface area contributed by atoms with E-state index in [1.54, 1.807) is 0 Å². The van der Waals surface area contributed by atoms with Crippen molar-refractivity contribution in [2.45, 2.75) is 32.7 Å². The van der Waals surface area contributed by atoms with Gasteiger partial charge in [0.25, 0.3) is 0 Å². The second-order valence-corrected chi connectivity index (χ2v) is 3.57. The van der Waals surface area contributed by atoms with Gasteiger partial charge < -0.3 is 10.2 Å². The zero-order valence-electron chi connectivity index (χ0n) is 8.99. The monoisotopic (exact) mass is 353 g/mol. The summed E-state index contributed by atoms with van der Waals surface area (Å²) in [7, 11) is 2.22. The molecule has 78 valence electrons. The molecule has 0 amide bonds. The molecule has 3 heteroatoms. The number of fused-ring (bicyclic) bond motifs is 1. The van der Waals surface area contributed by atoms with Crippen LogP contribution in [0.2, 0.25) is 0 Å². The third kappa shape index (κ3) is 3.69. The van der Waals surface area contributed by atoms with E-state index in [0.717, 1.165) is 18.5 Å². The summed E-state index contributed by atoms with van der Waals surface area (Å²) in [6.45, 7) is 7.67. The molecule has 0 saturated carbocycles. The van der Waals surface area contributed by atoms with Crippen molar-refractivity contribution in [3.8, 4) is 0 Å². The molecule has 2 atom stereocenters. The number of piperidine rings is 1. The first-order valence-electron chi connectivity index (χ1n) is 5.21. The second kappa shape index (κ2) is 6.97. The van der Waals surface area contributed by atoms with Crippen molar-refractivity contribution < 1.29 is 21.1 Å². The second-order valence-electron chi connectivity index (χ2n) is 3.57. The average Bonchev–Trinajstić information content (AvgIpc) is 2.54. The molecule has 0 bridgehead atoms. The van der Waals surface area contributed by atoms with Gasteiger partial charge in [0.1, 0.15) is 0 Å². The number of likely N-dealkylation sites (tertiary alicyclic amines) is 1. The summed E-state index contributed by atoms with van der Waals surface area (Å²) >= 11 is 0. The fraction of sp³-hybridized carbons (Fsp3) is 1.00. The van der Waals surface area contributed by atoms with E-state index >= 15 is 0 Å². The van der Waals surface area contributed by atoms with Gasteiger partial charge in [0.2, 0.25) is 0 Å². The fourth-order valence-electron chi connectivity index (χ4n) is 2.13. The Morgan fingerprint density at radius 3 is 2.62 bits per heavy atom. The Hall–Kier alpha value is 0.608. The van der Waals surface area contributed by atoms with Crippen LogP contribution in [0.3, 0.4) is 0 Å². The van der Waals surface area contributed by atoms with Crippen molar-refractivity contribution in [2.75, 3.05) is 26.7 Å². The van der Waals surface area contributed by atoms with Gasteiger partial charge in [-0.05, 0) is 26.1 Å². The molecular weight excluding hydrogens is 332 g/mol. The SMILES string of the molecule is CC.CN1CCC2[N-]CCC2C1.[W]. The van der Waals surface area contributed by atoms with Crippen LogP contribution in [0.15, 0.2) is 0 Å². The van der Waals surface area contributed by atoms with Gasteiger partial charge in [-0.3, -0.25) is 0 Å². The van der Waals surface area contributed by atoms with Crippen LogP contribution in [0, 0.1) is 5.92 Å². The molecule has 2 heterocycles. The summed E-state index contributed by atoms with van der Waals surface area (Å²) in [6, 6.07) is 0.733. The average molecular weight is 353 g/mol. The molecule has 0 N–H and O–H groups in total. The van der Waals surface area contributed by atoms with Crippen LogP contribution in [0.25, 0.3) is 5.32 Å². The number of nitrogens with zero attached hydrogens (tertiary/aromatic N) is 2. The van der Waals surface area contributed by atoms with E-state index in [1.165, 1.54) is 25.9 Å². The normalized spacial score (nSPS) is 32.5. The van der Waals surface area contributed by atoms with E-state index in [-0.39, 0.29) is 21.1 Å². The van der Waals surface area contributed by atoms with Crippen molar-refractivity contribution in [3.05, 3.63) is 5.32 Å². The zero-order chi connectivity index (χ0) is 8.97. The summed E-state index contributed by atoms with van der Waals surface area (Å²) in [6.07, 6.45) is 2.65. The summed E-state index contributed by atoms with van der Waals surface area (Å²) in [5, 5.41) is 4.57. The number of rotatable bonds is 0. The minimum absolute atomic E-state index is 0. The van der Waals surface area contributed by atoms with Crippen LogP contribution in [-0.2, 0) is 21.1 Å². The molecule has 2 unspecified atom stereocenters. The summed E-state index contributed by atoms with van der Waals surface area (Å²) in [4.78, 5) is 2.43. The van der Waals surface area contributed by atoms with Gasteiger partial charge >= 0.3 is 0 Å². The van der Waals surface area contributed by atoms with Crippen molar-refractivity contribution in [2.24, 2.45) is 5.92 Å². The van der Waals surface area contributed by atoms with Crippen LogP contribution in [0.4, 0.5) is 0 Å². The summed E-state index contributed by atoms with van der Waals surface area (Å²) < 4.78 is 0. The van der Waals surface area contributed by atoms with E-state index in [1.807, 2.05) is 13.8 Å². The van der Waals surface area contributed by atoms with Crippen LogP contribution in [0.1, 0.15) is 26.7 Å². The summed E-state index contributed by atoms with van der Waals surface area (Å²) in [5.41, 5.74) is 0. The Balaban J connectivity index is 0.000000451. The molecule has 2 saturated heterocycles. The molecule has 0 aliphatic carbocycles. The molecule has 2 aliphatic heterocycles. The standard InChI is InChI=1S/C8H15N2.C2H6.W/c1-10-5-3-8-7(6-10)2-4-9-8;1-2;/h7-8H,2-6H2,1H3;1-2H3;/q-1;;. The first-order chi connectivity index (χ1) is 5.86. The van der Waals surface area contributed by atoms with Crippen molar-refractivity contribution in [1.29, 1.82) is 0 Å². The Labute approximate surface area is 96.7 Å². The first kappa shape index (κ1) is 13.6. The summed E-state index contributed by atoms with van der Waals surface area (Å²) in [5.74, 6) is 0.902. The van der Waals surface area contributed by atoms with Crippen molar-refractivity contribution in [3.63, 3.8) is 0 Å². The van der Waals surface area contributed by atoms with E-state index in [4.69, 9.17) is 0 Å². The molecule has 0 radical (unpaired) electrons. The zero-order valence-corrected chi connectivity index (χ0v) is 11.9. The van der Waals surface area contributed by atoms with Gasteiger partial charge in [-0.15, -0.1) is 12.6 Å². The van der Waals surface area contributed by atoms with E-state index < -0.39 is 0 Å². The first-order valence-corrected chi connectivity index (χ1v) is 5.21. The van der Waals surface area contributed by atoms with E-state index in [2.05, 4.69) is 17.3 Å². The molecule has 2 nitrogen and oxygen atoms in total. The third-order valence-corrected chi connectivity index (χ3v) is 2.76. The largest absolute Gasteiger partial charge is 0.659 e. The van der Waals surface area contributed by atoms with Crippen LogP contribution < -0.4 is 0 Å². The van der Waals surface area contributed by atoms with Crippen molar-refractivity contribution in [1.82, 2.24) is 4.90 Å². The minimum Gasteiger partial charge on any atom is -0.659 e. The van der Waals surface area contributed by atoms with Crippen molar-refractivity contribution >= 4 is 0 Å². The molecule has 13 heavy (non-hydrogen) atoms. The topological polar surface area (TPSA) is 17.3 Å². The van der Waals surface area contributed by atoms with Gasteiger partial charge in [0.15, 0.2) is 0 Å². The van der Waals surface area contributed by atoms with Crippen LogP contribution in [0.5, 0.6) is 0 Å². The van der Waals surface area contributed by atoms with Gasteiger partial charge in [-0.25, -0.2) is 0 Å². The molecule has 2 fully saturated rings. The molecule has 0 aromatic heterocycles. The number of hydrogen-bond donors (Lipinski definition) is 0. The van der Waals surface area contributed by atoms with Gasteiger partial charge in [0.05, 0.1) is 0 Å². The van der Waals surface area contributed by atoms with Gasteiger partial charge in [0, 0.05) is 21.1 Å². The Morgan fingerprint density at radius 1 is 1.23 bits per heavy atom. The van der Waals surface area contributed by atoms with Gasteiger partial charge in [-0.1, -0.05) is 26.7 Å². The minimum atomic E-state index is 0. The quantitative estimate of drug-likeness (QED) is 0.652. The fourth-order valence-corrected chi connectivity index (χ4v) is 2.13. The number of hydrogen-bond acceptors (Lipinski definition) is 1. The van der Waals surface area contributed by atoms with E-state index in [0.29, 0.717) is 0 Å². The predicted molar refractivity (Wildman–Crippen MR) is 53.6 cm³/mol. The smallest absolute Gasteiger partial charge is 0 e. The Morgan fingerprint density at radius 2 is 1.92 bits per heavy atom. The third-order valence-electron chi connectivity index (χ3n) is 2.76. The molecule has 0 spiro atoms. The molecular formula is C10H21N2W-. The Kier molecular flexibility index (Phi) is 7.30. The molecule has 2 rings (SSSR count). The van der Waals surface area contributed by atoms with Crippen LogP contribution >= 0.6 is 0 Å².